The topological polar surface area (TPSA) is 50.1 Å². The van der Waals surface area contributed by atoms with Crippen LogP contribution in [0.5, 0.6) is 0 Å². The molecule has 5 rings (SSSR count). The molecule has 0 spiro atoms. The fraction of sp³-hybridized carbons (Fsp3) is 0.737. The summed E-state index contributed by atoms with van der Waals surface area (Å²) < 4.78 is 1.91. The van der Waals surface area contributed by atoms with Crippen LogP contribution in [0.25, 0.3) is 11.0 Å². The van der Waals surface area contributed by atoms with Crippen LogP contribution < -0.4 is 4.90 Å². The van der Waals surface area contributed by atoms with E-state index < -0.39 is 0 Å². The first-order chi connectivity index (χ1) is 12.2. The van der Waals surface area contributed by atoms with Gasteiger partial charge in [-0.15, -0.1) is 0 Å². The summed E-state index contributed by atoms with van der Waals surface area (Å²) in [6.07, 6.45) is 10.9. The maximum absolute atomic E-state index is 5.11. The van der Waals surface area contributed by atoms with Crippen molar-refractivity contribution < 1.29 is 0 Å². The minimum absolute atomic E-state index is 0.532. The number of hydrogen-bond acceptors (Lipinski definition) is 5. The molecular weight excluding hydrogens is 312 g/mol. The molecule has 0 N–H and O–H groups in total. The van der Waals surface area contributed by atoms with Gasteiger partial charge in [0.1, 0.15) is 11.6 Å². The number of hydrogen-bond donors (Lipinski definition) is 0. The zero-order valence-corrected chi connectivity index (χ0v) is 15.4. The lowest BCUT2D eigenvalue weighted by atomic mass is 10.1. The van der Waals surface area contributed by atoms with E-state index in [1.807, 2.05) is 17.9 Å². The van der Waals surface area contributed by atoms with Crippen molar-refractivity contribution in [3.05, 3.63) is 12.0 Å². The van der Waals surface area contributed by atoms with Crippen molar-refractivity contribution in [3.63, 3.8) is 0 Å². The summed E-state index contributed by atoms with van der Waals surface area (Å²) in [6.45, 7) is 2.18. The van der Waals surface area contributed by atoms with Crippen LogP contribution in [0.4, 0.5) is 5.82 Å². The number of rotatable bonds is 2. The van der Waals surface area contributed by atoms with E-state index >= 15 is 0 Å². The number of anilines is 1. The summed E-state index contributed by atoms with van der Waals surface area (Å²) in [4.78, 5) is 15.1. The molecule has 4 heterocycles. The molecule has 0 aromatic carbocycles. The van der Waals surface area contributed by atoms with E-state index in [0.717, 1.165) is 41.8 Å². The fourth-order valence-electron chi connectivity index (χ4n) is 5.13. The molecule has 134 valence electrons. The Morgan fingerprint density at radius 2 is 1.76 bits per heavy atom. The Bertz CT molecular complexity index is 778. The van der Waals surface area contributed by atoms with Crippen molar-refractivity contribution in [2.45, 2.75) is 62.9 Å². The molecule has 2 atom stereocenters. The molecule has 2 aliphatic heterocycles. The van der Waals surface area contributed by atoms with Gasteiger partial charge in [-0.1, -0.05) is 12.8 Å². The molecule has 2 bridgehead atoms. The quantitative estimate of drug-likeness (QED) is 0.841. The zero-order chi connectivity index (χ0) is 17.0. The van der Waals surface area contributed by atoms with Gasteiger partial charge in [0, 0.05) is 38.1 Å². The normalized spacial score (nSPS) is 28.2. The van der Waals surface area contributed by atoms with Crippen LogP contribution in [-0.2, 0) is 7.05 Å². The van der Waals surface area contributed by atoms with E-state index in [0.29, 0.717) is 12.0 Å². The van der Waals surface area contributed by atoms with Crippen molar-refractivity contribution >= 4 is 16.9 Å². The van der Waals surface area contributed by atoms with E-state index in [9.17, 15) is 0 Å². The maximum Gasteiger partial charge on any atom is 0.163 e. The van der Waals surface area contributed by atoms with E-state index in [1.54, 1.807) is 0 Å². The highest BCUT2D eigenvalue weighted by Crippen LogP contribution is 2.36. The highest BCUT2D eigenvalue weighted by Gasteiger charge is 2.36. The van der Waals surface area contributed by atoms with Crippen LogP contribution in [0.3, 0.4) is 0 Å². The van der Waals surface area contributed by atoms with Crippen molar-refractivity contribution in [1.82, 2.24) is 24.6 Å². The Hall–Kier alpha value is -1.69. The Morgan fingerprint density at radius 1 is 0.960 bits per heavy atom. The Labute approximate surface area is 149 Å². The molecule has 1 saturated carbocycles. The highest BCUT2D eigenvalue weighted by molar-refractivity contribution is 5.87. The summed E-state index contributed by atoms with van der Waals surface area (Å²) in [5, 5.41) is 5.60. The van der Waals surface area contributed by atoms with Gasteiger partial charge in [-0.05, 0) is 39.2 Å². The van der Waals surface area contributed by atoms with Gasteiger partial charge in [0.15, 0.2) is 5.65 Å². The van der Waals surface area contributed by atoms with Crippen LogP contribution in [0, 0.1) is 0 Å². The third-order valence-corrected chi connectivity index (χ3v) is 6.76. The SMILES string of the molecule is CN1[C@@H]2CC[C@H]1CN(c1nc(C3CCCC3)nc3c1cnn3C)CC2. The molecule has 0 amide bonds. The van der Waals surface area contributed by atoms with Crippen LogP contribution in [0.2, 0.25) is 0 Å². The third kappa shape index (κ3) is 2.53. The lowest BCUT2D eigenvalue weighted by molar-refractivity contribution is 0.254. The van der Waals surface area contributed by atoms with Crippen LogP contribution in [0.15, 0.2) is 6.20 Å². The smallest absolute Gasteiger partial charge is 0.163 e. The number of nitrogens with zero attached hydrogens (tertiary/aromatic N) is 6. The molecule has 6 heteroatoms. The number of aromatic nitrogens is 4. The zero-order valence-electron chi connectivity index (χ0n) is 15.4. The first kappa shape index (κ1) is 15.6. The number of aryl methyl sites for hydroxylation is 1. The molecule has 2 aromatic heterocycles. The second-order valence-electron chi connectivity index (χ2n) is 8.18. The molecular formula is C19H28N6. The highest BCUT2D eigenvalue weighted by atomic mass is 15.3. The maximum atomic E-state index is 5.11. The van der Waals surface area contributed by atoms with Gasteiger partial charge in [0.25, 0.3) is 0 Å². The summed E-state index contributed by atoms with van der Waals surface area (Å²) >= 11 is 0. The first-order valence-electron chi connectivity index (χ1n) is 9.87. The van der Waals surface area contributed by atoms with Gasteiger partial charge < -0.3 is 4.90 Å². The molecule has 2 aromatic rings. The largest absolute Gasteiger partial charge is 0.354 e. The average molecular weight is 340 g/mol. The summed E-state index contributed by atoms with van der Waals surface area (Å²) in [5.74, 6) is 2.71. The molecule has 0 radical (unpaired) electrons. The van der Waals surface area contributed by atoms with E-state index in [-0.39, 0.29) is 0 Å². The van der Waals surface area contributed by atoms with Crippen LogP contribution >= 0.6 is 0 Å². The second kappa shape index (κ2) is 5.94. The van der Waals surface area contributed by atoms with Gasteiger partial charge in [0.2, 0.25) is 0 Å². The van der Waals surface area contributed by atoms with Gasteiger partial charge in [-0.3, -0.25) is 9.58 Å². The predicted octanol–water partition coefficient (Wildman–Crippen LogP) is 2.69. The minimum Gasteiger partial charge on any atom is -0.354 e. The molecule has 6 nitrogen and oxygen atoms in total. The van der Waals surface area contributed by atoms with Crippen LogP contribution in [-0.4, -0.2) is 56.9 Å². The Kier molecular flexibility index (Phi) is 3.69. The fourth-order valence-corrected chi connectivity index (χ4v) is 5.13. The van der Waals surface area contributed by atoms with Crippen molar-refractivity contribution in [3.8, 4) is 0 Å². The predicted molar refractivity (Wildman–Crippen MR) is 98.9 cm³/mol. The van der Waals surface area contributed by atoms with E-state index in [2.05, 4.69) is 21.9 Å². The van der Waals surface area contributed by atoms with Crippen molar-refractivity contribution in [2.75, 3.05) is 25.0 Å². The van der Waals surface area contributed by atoms with Crippen molar-refractivity contribution in [1.29, 1.82) is 0 Å². The van der Waals surface area contributed by atoms with E-state index in [4.69, 9.17) is 9.97 Å². The third-order valence-electron chi connectivity index (χ3n) is 6.76. The number of fused-ring (bicyclic) bond motifs is 3. The number of likely N-dealkylation sites (N-methyl/N-ethyl adjacent to an activating group) is 1. The molecule has 2 saturated heterocycles. The first-order valence-corrected chi connectivity index (χ1v) is 9.87. The summed E-state index contributed by atoms with van der Waals surface area (Å²) in [6, 6.07) is 1.40. The monoisotopic (exact) mass is 340 g/mol. The molecule has 3 fully saturated rings. The standard InChI is InChI=1S/C19H28N6/c1-23-14-7-8-15(23)12-25(10-9-14)19-16-11-20-24(2)18(16)21-17(22-19)13-5-3-4-6-13/h11,13-15H,3-10,12H2,1-2H3/t14-,15+/m1/s1. The molecule has 1 aliphatic carbocycles. The molecule has 25 heavy (non-hydrogen) atoms. The van der Waals surface area contributed by atoms with Crippen molar-refractivity contribution in [2.24, 2.45) is 7.05 Å². The lowest BCUT2D eigenvalue weighted by Gasteiger charge is -2.27. The van der Waals surface area contributed by atoms with Gasteiger partial charge >= 0.3 is 0 Å². The van der Waals surface area contributed by atoms with Gasteiger partial charge in [-0.25, -0.2) is 9.97 Å². The summed E-state index contributed by atoms with van der Waals surface area (Å²) in [5.41, 5.74) is 0.995. The van der Waals surface area contributed by atoms with Gasteiger partial charge in [0.05, 0.1) is 11.6 Å². The minimum atomic E-state index is 0.532. The Morgan fingerprint density at radius 3 is 2.60 bits per heavy atom. The Balaban J connectivity index is 1.57. The van der Waals surface area contributed by atoms with Crippen LogP contribution in [0.1, 0.15) is 56.7 Å². The molecule has 3 aliphatic rings. The summed E-state index contributed by atoms with van der Waals surface area (Å²) in [7, 11) is 4.30. The lowest BCUT2D eigenvalue weighted by Crippen LogP contribution is -2.37. The van der Waals surface area contributed by atoms with Gasteiger partial charge in [-0.2, -0.15) is 5.10 Å². The average Bonchev–Trinajstić information content (AvgIpc) is 3.29. The molecule has 0 unspecified atom stereocenters. The second-order valence-corrected chi connectivity index (χ2v) is 8.18. The van der Waals surface area contributed by atoms with E-state index in [1.165, 1.54) is 44.9 Å².